The fourth-order valence-electron chi connectivity index (χ4n) is 3.03. The van der Waals surface area contributed by atoms with E-state index in [1.54, 1.807) is 19.9 Å². The number of aromatic nitrogens is 2. The molecular weight excluding hydrogens is 406 g/mol. The lowest BCUT2D eigenvalue weighted by molar-refractivity contribution is -0.0498. The minimum atomic E-state index is -2.94. The molecule has 0 atom stereocenters. The molecule has 0 radical (unpaired) electrons. The summed E-state index contributed by atoms with van der Waals surface area (Å²) in [5.41, 5.74) is -1.46. The average molecular weight is 425 g/mol. The van der Waals surface area contributed by atoms with E-state index in [2.05, 4.69) is 4.74 Å². The quantitative estimate of drug-likeness (QED) is 0.659. The molecule has 2 aromatic carbocycles. The minimum absolute atomic E-state index is 0.0244. The van der Waals surface area contributed by atoms with E-state index in [9.17, 15) is 23.5 Å². The largest absolute Gasteiger partial charge is 0.435 e. The van der Waals surface area contributed by atoms with E-state index < -0.39 is 23.5 Å². The van der Waals surface area contributed by atoms with E-state index in [-0.39, 0.29) is 24.2 Å². The van der Waals surface area contributed by atoms with Gasteiger partial charge in [-0.15, -0.1) is 0 Å². The Balaban J connectivity index is 2.11. The Morgan fingerprint density at radius 3 is 2.34 bits per heavy atom. The number of nitrogens with zero attached hydrogens (tertiary/aromatic N) is 2. The molecule has 154 valence electrons. The predicted octanol–water partition coefficient (Wildman–Crippen LogP) is 3.24. The third kappa shape index (κ3) is 4.83. The lowest BCUT2D eigenvalue weighted by Gasteiger charge is -2.21. The molecule has 1 N–H and O–H groups in total. The average Bonchev–Trinajstić information content (AvgIpc) is 2.62. The first-order valence-corrected chi connectivity index (χ1v) is 9.12. The molecule has 0 amide bonds. The topological polar surface area (TPSA) is 73.5 Å². The van der Waals surface area contributed by atoms with E-state index in [0.29, 0.717) is 16.1 Å². The third-order valence-corrected chi connectivity index (χ3v) is 4.46. The Kier molecular flexibility index (Phi) is 5.77. The summed E-state index contributed by atoms with van der Waals surface area (Å²) < 4.78 is 31.2. The molecule has 0 aliphatic rings. The molecule has 0 aliphatic heterocycles. The zero-order valence-electron chi connectivity index (χ0n) is 15.7. The Morgan fingerprint density at radius 2 is 1.76 bits per heavy atom. The van der Waals surface area contributed by atoms with Crippen LogP contribution in [0.2, 0.25) is 5.02 Å². The maximum absolute atomic E-state index is 13.1. The lowest BCUT2D eigenvalue weighted by atomic mass is 10.1. The lowest BCUT2D eigenvalue weighted by Crippen LogP contribution is -2.43. The van der Waals surface area contributed by atoms with Gasteiger partial charge in [-0.1, -0.05) is 23.7 Å². The normalized spacial score (nSPS) is 12.0. The Labute approximate surface area is 169 Å². The standard InChI is InChI=1S/C20H19ClF2N2O4/c1-20(2,28)11-25-16-9-13(21)5-8-15(16)17(26)24(19(25)27)10-12-3-6-14(7-4-12)29-18(22)23/h3-9,18,28H,10-11H2,1-2H3. The van der Waals surface area contributed by atoms with Crippen LogP contribution in [0.3, 0.4) is 0 Å². The Bertz CT molecular complexity index is 1150. The zero-order valence-corrected chi connectivity index (χ0v) is 16.5. The number of rotatable bonds is 6. The summed E-state index contributed by atoms with van der Waals surface area (Å²) in [7, 11) is 0. The van der Waals surface area contributed by atoms with Gasteiger partial charge in [0.2, 0.25) is 0 Å². The molecule has 0 bridgehead atoms. The summed E-state index contributed by atoms with van der Waals surface area (Å²) in [5.74, 6) is -0.0244. The number of benzene rings is 2. The third-order valence-electron chi connectivity index (χ3n) is 4.22. The van der Waals surface area contributed by atoms with Gasteiger partial charge in [0.25, 0.3) is 5.56 Å². The predicted molar refractivity (Wildman–Crippen MR) is 106 cm³/mol. The van der Waals surface area contributed by atoms with Gasteiger partial charge < -0.3 is 9.84 Å². The molecule has 3 rings (SSSR count). The molecule has 3 aromatic rings. The number of fused-ring (bicyclic) bond motifs is 1. The van der Waals surface area contributed by atoms with Gasteiger partial charge >= 0.3 is 12.3 Å². The maximum atomic E-state index is 13.1. The molecular formula is C20H19ClF2N2O4. The fourth-order valence-corrected chi connectivity index (χ4v) is 3.19. The second kappa shape index (κ2) is 7.96. The van der Waals surface area contributed by atoms with Gasteiger partial charge in [-0.2, -0.15) is 8.78 Å². The minimum Gasteiger partial charge on any atom is -0.435 e. The van der Waals surface area contributed by atoms with E-state index in [4.69, 9.17) is 11.6 Å². The number of ether oxygens (including phenoxy) is 1. The van der Waals surface area contributed by atoms with Crippen LogP contribution in [-0.2, 0) is 13.1 Å². The first kappa shape index (κ1) is 21.0. The van der Waals surface area contributed by atoms with Crippen molar-refractivity contribution in [2.24, 2.45) is 0 Å². The molecule has 1 aromatic heterocycles. The van der Waals surface area contributed by atoms with Crippen LogP contribution >= 0.6 is 11.6 Å². The summed E-state index contributed by atoms with van der Waals surface area (Å²) in [6, 6.07) is 10.2. The highest BCUT2D eigenvalue weighted by Gasteiger charge is 2.20. The molecule has 29 heavy (non-hydrogen) atoms. The van der Waals surface area contributed by atoms with E-state index in [1.165, 1.54) is 41.0 Å². The highest BCUT2D eigenvalue weighted by atomic mass is 35.5. The molecule has 0 unspecified atom stereocenters. The van der Waals surface area contributed by atoms with Crippen LogP contribution in [0, 0.1) is 0 Å². The van der Waals surface area contributed by atoms with Crippen molar-refractivity contribution < 1.29 is 18.6 Å². The number of halogens is 3. The van der Waals surface area contributed by atoms with Gasteiger partial charge in [-0.25, -0.2) is 4.79 Å². The van der Waals surface area contributed by atoms with E-state index in [1.807, 2.05) is 0 Å². The smallest absolute Gasteiger partial charge is 0.387 e. The van der Waals surface area contributed by atoms with Crippen LogP contribution in [0.25, 0.3) is 10.9 Å². The summed E-state index contributed by atoms with van der Waals surface area (Å²) in [5, 5.41) is 10.9. The fraction of sp³-hybridized carbons (Fsp3) is 0.300. The zero-order chi connectivity index (χ0) is 21.3. The van der Waals surface area contributed by atoms with Crippen LogP contribution in [0.15, 0.2) is 52.1 Å². The van der Waals surface area contributed by atoms with Crippen LogP contribution < -0.4 is 16.0 Å². The highest BCUT2D eigenvalue weighted by molar-refractivity contribution is 6.31. The van der Waals surface area contributed by atoms with E-state index >= 15 is 0 Å². The second-order valence-corrected chi connectivity index (χ2v) is 7.69. The van der Waals surface area contributed by atoms with Gasteiger partial charge in [-0.05, 0) is 49.7 Å². The SMILES string of the molecule is CC(C)(O)Cn1c(=O)n(Cc2ccc(OC(F)F)cc2)c(=O)c2ccc(Cl)cc21. The summed E-state index contributed by atoms with van der Waals surface area (Å²) in [4.78, 5) is 26.0. The van der Waals surface area contributed by atoms with Crippen molar-refractivity contribution >= 4 is 22.5 Å². The van der Waals surface area contributed by atoms with Gasteiger partial charge in [0.1, 0.15) is 5.75 Å². The molecule has 0 fully saturated rings. The van der Waals surface area contributed by atoms with Crippen LogP contribution in [0.4, 0.5) is 8.78 Å². The molecule has 0 saturated heterocycles. The van der Waals surface area contributed by atoms with Crippen LogP contribution in [0.5, 0.6) is 5.75 Å². The molecule has 1 heterocycles. The second-order valence-electron chi connectivity index (χ2n) is 7.26. The molecule has 0 aliphatic carbocycles. The Morgan fingerprint density at radius 1 is 1.10 bits per heavy atom. The number of hydrogen-bond acceptors (Lipinski definition) is 4. The van der Waals surface area contributed by atoms with Crippen molar-refractivity contribution in [3.8, 4) is 5.75 Å². The van der Waals surface area contributed by atoms with Crippen molar-refractivity contribution in [2.45, 2.75) is 39.1 Å². The van der Waals surface area contributed by atoms with Crippen LogP contribution in [0.1, 0.15) is 19.4 Å². The van der Waals surface area contributed by atoms with Crippen molar-refractivity contribution in [3.05, 3.63) is 73.9 Å². The number of aliphatic hydroxyl groups is 1. The summed E-state index contributed by atoms with van der Waals surface area (Å²) >= 11 is 6.03. The summed E-state index contributed by atoms with van der Waals surface area (Å²) in [6.07, 6.45) is 0. The Hall–Kier alpha value is -2.71. The van der Waals surface area contributed by atoms with Gasteiger partial charge in [0.05, 0.1) is 29.6 Å². The molecule has 9 heteroatoms. The van der Waals surface area contributed by atoms with Crippen molar-refractivity contribution in [3.63, 3.8) is 0 Å². The highest BCUT2D eigenvalue weighted by Crippen LogP contribution is 2.18. The van der Waals surface area contributed by atoms with Gasteiger partial charge in [-0.3, -0.25) is 13.9 Å². The summed E-state index contributed by atoms with van der Waals surface area (Å²) in [6.45, 7) is 0.0334. The first-order valence-electron chi connectivity index (χ1n) is 8.74. The van der Waals surface area contributed by atoms with Crippen molar-refractivity contribution in [1.82, 2.24) is 9.13 Å². The molecule has 6 nitrogen and oxygen atoms in total. The number of alkyl halides is 2. The first-order chi connectivity index (χ1) is 13.5. The maximum Gasteiger partial charge on any atom is 0.387 e. The van der Waals surface area contributed by atoms with Crippen LogP contribution in [-0.4, -0.2) is 26.5 Å². The van der Waals surface area contributed by atoms with Gasteiger partial charge in [0.15, 0.2) is 0 Å². The van der Waals surface area contributed by atoms with Gasteiger partial charge in [0, 0.05) is 5.02 Å². The molecule has 0 saturated carbocycles. The molecule has 0 spiro atoms. The van der Waals surface area contributed by atoms with Crippen molar-refractivity contribution in [2.75, 3.05) is 0 Å². The monoisotopic (exact) mass is 424 g/mol. The number of hydrogen-bond donors (Lipinski definition) is 1. The van der Waals surface area contributed by atoms with E-state index in [0.717, 1.165) is 4.57 Å². The van der Waals surface area contributed by atoms with Crippen molar-refractivity contribution in [1.29, 1.82) is 0 Å².